The Morgan fingerprint density at radius 3 is 2.45 bits per heavy atom. The molecule has 2 heterocycles. The standard InChI is InChI=1S/C18H19F3O8/c1-9(18(19,20)21)15(24)27-7-13(22)26-8-14(23)29-17-4-10-2-11(5-17)16(25)28-12(3-10)6-17/h10-12H,1-8H2. The van der Waals surface area contributed by atoms with Crippen molar-refractivity contribution < 1.29 is 51.3 Å². The number of fused-ring (bicyclic) bond motifs is 1. The normalized spacial score (nSPS) is 30.2. The lowest BCUT2D eigenvalue weighted by atomic mass is 9.65. The van der Waals surface area contributed by atoms with E-state index >= 15 is 0 Å². The summed E-state index contributed by atoms with van der Waals surface area (Å²) in [6.45, 7) is 0.626. The lowest BCUT2D eigenvalue weighted by molar-refractivity contribution is -0.182. The molecule has 0 aromatic heterocycles. The van der Waals surface area contributed by atoms with Gasteiger partial charge in [-0.3, -0.25) is 4.79 Å². The van der Waals surface area contributed by atoms with Gasteiger partial charge in [0.15, 0.2) is 13.2 Å². The van der Waals surface area contributed by atoms with E-state index in [9.17, 15) is 32.3 Å². The number of halogens is 3. The molecule has 29 heavy (non-hydrogen) atoms. The first-order valence-electron chi connectivity index (χ1n) is 8.98. The van der Waals surface area contributed by atoms with E-state index in [-0.39, 0.29) is 23.9 Å². The Morgan fingerprint density at radius 2 is 1.76 bits per heavy atom. The van der Waals surface area contributed by atoms with Crippen LogP contribution in [0.2, 0.25) is 0 Å². The number of esters is 4. The number of rotatable bonds is 6. The van der Waals surface area contributed by atoms with Gasteiger partial charge < -0.3 is 18.9 Å². The maximum absolute atomic E-state index is 12.3. The lowest BCUT2D eigenvalue weighted by Gasteiger charge is -2.45. The van der Waals surface area contributed by atoms with Crippen LogP contribution in [0.15, 0.2) is 12.2 Å². The topological polar surface area (TPSA) is 105 Å². The first-order valence-corrected chi connectivity index (χ1v) is 8.98. The maximum atomic E-state index is 12.3. The van der Waals surface area contributed by atoms with Crippen molar-refractivity contribution in [2.24, 2.45) is 11.8 Å². The molecule has 8 nitrogen and oxygen atoms in total. The molecule has 0 aromatic carbocycles. The van der Waals surface area contributed by atoms with Crippen molar-refractivity contribution in [1.82, 2.24) is 0 Å². The van der Waals surface area contributed by atoms with Crippen molar-refractivity contribution in [1.29, 1.82) is 0 Å². The predicted molar refractivity (Wildman–Crippen MR) is 85.9 cm³/mol. The second-order valence-electron chi connectivity index (χ2n) is 7.58. The van der Waals surface area contributed by atoms with E-state index in [0.29, 0.717) is 25.7 Å². The van der Waals surface area contributed by atoms with Gasteiger partial charge in [0.2, 0.25) is 0 Å². The van der Waals surface area contributed by atoms with Crippen LogP contribution in [-0.4, -0.2) is 55.0 Å². The molecule has 4 aliphatic rings. The second kappa shape index (κ2) is 7.68. The number of carbonyl (C=O) groups excluding carboxylic acids is 4. The van der Waals surface area contributed by atoms with E-state index in [1.165, 1.54) is 0 Å². The molecule has 2 saturated carbocycles. The molecule has 0 radical (unpaired) electrons. The summed E-state index contributed by atoms with van der Waals surface area (Å²) in [5.41, 5.74) is -2.62. The Balaban J connectivity index is 1.45. The van der Waals surface area contributed by atoms with Crippen LogP contribution in [0.4, 0.5) is 13.2 Å². The highest BCUT2D eigenvalue weighted by molar-refractivity contribution is 5.90. The summed E-state index contributed by atoms with van der Waals surface area (Å²) in [6.07, 6.45) is -2.56. The summed E-state index contributed by atoms with van der Waals surface area (Å²) < 4.78 is 56.5. The molecular weight excluding hydrogens is 401 g/mol. The van der Waals surface area contributed by atoms with Gasteiger partial charge in [0.25, 0.3) is 0 Å². The molecule has 2 aliphatic carbocycles. The van der Waals surface area contributed by atoms with Crippen molar-refractivity contribution in [3.63, 3.8) is 0 Å². The van der Waals surface area contributed by atoms with E-state index in [4.69, 9.17) is 9.47 Å². The number of carbonyl (C=O) groups is 4. The van der Waals surface area contributed by atoms with Gasteiger partial charge in [-0.2, -0.15) is 13.2 Å². The Hall–Kier alpha value is -2.59. The van der Waals surface area contributed by atoms with E-state index < -0.39 is 48.5 Å². The van der Waals surface area contributed by atoms with Crippen LogP contribution in [0.1, 0.15) is 32.1 Å². The average molecular weight is 420 g/mol. The van der Waals surface area contributed by atoms with Crippen LogP contribution in [0, 0.1) is 11.8 Å². The van der Waals surface area contributed by atoms with Crippen molar-refractivity contribution in [2.75, 3.05) is 13.2 Å². The third-order valence-corrected chi connectivity index (χ3v) is 5.30. The van der Waals surface area contributed by atoms with E-state index in [2.05, 4.69) is 16.1 Å². The molecule has 4 fully saturated rings. The molecular formula is C18H19F3O8. The third-order valence-electron chi connectivity index (χ3n) is 5.30. The van der Waals surface area contributed by atoms with Gasteiger partial charge in [0, 0.05) is 12.8 Å². The predicted octanol–water partition coefficient (Wildman–Crippen LogP) is 1.61. The first kappa shape index (κ1) is 21.1. The third kappa shape index (κ3) is 4.88. The van der Waals surface area contributed by atoms with E-state index in [1.54, 1.807) is 0 Å². The average Bonchev–Trinajstić information content (AvgIpc) is 2.77. The van der Waals surface area contributed by atoms with E-state index in [0.717, 1.165) is 6.42 Å². The molecule has 160 valence electrons. The highest BCUT2D eigenvalue weighted by Crippen LogP contribution is 2.51. The molecule has 11 heteroatoms. The molecule has 4 unspecified atom stereocenters. The van der Waals surface area contributed by atoms with Gasteiger partial charge in [0.05, 0.1) is 5.92 Å². The molecule has 4 atom stereocenters. The number of hydrogen-bond acceptors (Lipinski definition) is 8. The number of alkyl halides is 3. The van der Waals surface area contributed by atoms with Crippen molar-refractivity contribution >= 4 is 23.9 Å². The fraction of sp³-hybridized carbons (Fsp3) is 0.667. The molecule has 2 aliphatic heterocycles. The minimum absolute atomic E-state index is 0.204. The quantitative estimate of drug-likeness (QED) is 0.363. The monoisotopic (exact) mass is 420 g/mol. The van der Waals surface area contributed by atoms with Crippen LogP contribution in [-0.2, 0) is 38.1 Å². The minimum Gasteiger partial charge on any atom is -0.462 e. The highest BCUT2D eigenvalue weighted by atomic mass is 19.4. The van der Waals surface area contributed by atoms with Crippen molar-refractivity contribution in [3.8, 4) is 0 Å². The molecule has 0 spiro atoms. The van der Waals surface area contributed by atoms with Crippen LogP contribution in [0.25, 0.3) is 0 Å². The van der Waals surface area contributed by atoms with E-state index in [1.807, 2.05) is 0 Å². The summed E-state index contributed by atoms with van der Waals surface area (Å²) in [6, 6.07) is 0. The zero-order valence-electron chi connectivity index (χ0n) is 15.3. The molecule has 2 saturated heterocycles. The molecule has 0 amide bonds. The zero-order chi connectivity index (χ0) is 21.4. The van der Waals surface area contributed by atoms with Crippen LogP contribution in [0.5, 0.6) is 0 Å². The SMILES string of the molecule is C=C(C(=O)OCC(=O)OCC(=O)OC12CC3CC(C1)OC(=O)C(C3)C2)C(F)(F)F. The fourth-order valence-electron chi connectivity index (χ4n) is 4.28. The smallest absolute Gasteiger partial charge is 0.422 e. The van der Waals surface area contributed by atoms with Crippen molar-refractivity contribution in [2.45, 2.75) is 50.0 Å². The van der Waals surface area contributed by atoms with Gasteiger partial charge in [-0.25, -0.2) is 14.4 Å². The lowest BCUT2D eigenvalue weighted by Crippen LogP contribution is -2.48. The summed E-state index contributed by atoms with van der Waals surface area (Å²) in [4.78, 5) is 46.7. The van der Waals surface area contributed by atoms with Crippen LogP contribution < -0.4 is 0 Å². The minimum atomic E-state index is -4.98. The molecule has 4 rings (SSSR count). The van der Waals surface area contributed by atoms with Gasteiger partial charge in [-0.1, -0.05) is 6.58 Å². The zero-order valence-corrected chi connectivity index (χ0v) is 15.3. The van der Waals surface area contributed by atoms with Gasteiger partial charge >= 0.3 is 30.1 Å². The van der Waals surface area contributed by atoms with Gasteiger partial charge in [0.1, 0.15) is 17.3 Å². The summed E-state index contributed by atoms with van der Waals surface area (Å²) in [5.74, 6) is -4.31. The Bertz CT molecular complexity index is 746. The molecule has 4 bridgehead atoms. The fourth-order valence-corrected chi connectivity index (χ4v) is 4.28. The summed E-state index contributed by atoms with van der Waals surface area (Å²) in [7, 11) is 0. The summed E-state index contributed by atoms with van der Waals surface area (Å²) >= 11 is 0. The highest BCUT2D eigenvalue weighted by Gasteiger charge is 2.54. The largest absolute Gasteiger partial charge is 0.462 e. The Labute approximate surface area is 163 Å². The number of ether oxygens (including phenoxy) is 4. The van der Waals surface area contributed by atoms with Gasteiger partial charge in [-0.05, 0) is 25.2 Å². The van der Waals surface area contributed by atoms with Crippen LogP contribution in [0.3, 0.4) is 0 Å². The number of hydrogen-bond donors (Lipinski definition) is 0. The molecule has 0 N–H and O–H groups in total. The van der Waals surface area contributed by atoms with Crippen molar-refractivity contribution in [3.05, 3.63) is 12.2 Å². The first-order chi connectivity index (χ1) is 13.5. The van der Waals surface area contributed by atoms with Crippen LogP contribution >= 0.6 is 0 Å². The maximum Gasteiger partial charge on any atom is 0.422 e. The van der Waals surface area contributed by atoms with Gasteiger partial charge in [-0.15, -0.1) is 0 Å². The second-order valence-corrected chi connectivity index (χ2v) is 7.58. The molecule has 0 aromatic rings. The Morgan fingerprint density at radius 1 is 1.07 bits per heavy atom. The summed E-state index contributed by atoms with van der Waals surface area (Å²) in [5, 5.41) is 0. The Kier molecular flexibility index (Phi) is 5.59.